The third-order valence-electron chi connectivity index (χ3n) is 1.96. The predicted octanol–water partition coefficient (Wildman–Crippen LogP) is 4.05. The first kappa shape index (κ1) is 12.2. The van der Waals surface area contributed by atoms with Crippen molar-refractivity contribution in [2.24, 2.45) is 0 Å². The summed E-state index contributed by atoms with van der Waals surface area (Å²) < 4.78 is 2.10. The number of rotatable bonds is 4. The fourth-order valence-electron chi connectivity index (χ4n) is 1.20. The Labute approximate surface area is 106 Å². The van der Waals surface area contributed by atoms with Gasteiger partial charge in [0.15, 0.2) is 0 Å². The van der Waals surface area contributed by atoms with Crippen molar-refractivity contribution in [3.8, 4) is 0 Å². The normalized spacial score (nSPS) is 12.5. The molecule has 1 N–H and O–H groups in total. The number of halogens is 2. The molecule has 0 aliphatic rings. The van der Waals surface area contributed by atoms with Crippen LogP contribution >= 0.6 is 38.5 Å². The Hall–Kier alpha value is 0.130. The van der Waals surface area contributed by atoms with E-state index in [1.807, 2.05) is 24.3 Å². The van der Waals surface area contributed by atoms with Crippen LogP contribution in [0, 0.1) is 3.57 Å². The molecule has 0 radical (unpaired) electrons. The first-order valence-electron chi connectivity index (χ1n) is 4.39. The Bertz CT molecular complexity index is 325. The molecule has 3 heteroatoms. The van der Waals surface area contributed by atoms with Gasteiger partial charge in [0, 0.05) is 8.04 Å². The van der Waals surface area contributed by atoms with Gasteiger partial charge in [0.2, 0.25) is 0 Å². The summed E-state index contributed by atoms with van der Waals surface area (Å²) >= 11 is 5.67. The number of aliphatic hydroxyl groups is 1. The molecule has 0 saturated heterocycles. The van der Waals surface area contributed by atoms with Gasteiger partial charge in [0.1, 0.15) is 0 Å². The smallest absolute Gasteiger partial charge is 0.0804 e. The van der Waals surface area contributed by atoms with E-state index in [0.717, 1.165) is 26.4 Å². The summed E-state index contributed by atoms with van der Waals surface area (Å²) in [7, 11) is 0. The van der Waals surface area contributed by atoms with E-state index in [-0.39, 0.29) is 0 Å². The lowest BCUT2D eigenvalue weighted by atomic mass is 10.1. The van der Waals surface area contributed by atoms with Crippen molar-refractivity contribution in [3.63, 3.8) is 0 Å². The predicted molar refractivity (Wildman–Crippen MR) is 71.2 cm³/mol. The maximum atomic E-state index is 9.88. The first-order valence-corrected chi connectivity index (χ1v) is 6.26. The van der Waals surface area contributed by atoms with Gasteiger partial charge in [-0.05, 0) is 59.2 Å². The van der Waals surface area contributed by atoms with Crippen molar-refractivity contribution in [2.75, 3.05) is 0 Å². The first-order chi connectivity index (χ1) is 6.65. The van der Waals surface area contributed by atoms with Crippen LogP contribution in [0.15, 0.2) is 35.3 Å². The molecule has 0 spiro atoms. The molecule has 0 aliphatic carbocycles. The van der Waals surface area contributed by atoms with E-state index in [0.29, 0.717) is 0 Å². The molecule has 0 aliphatic heterocycles. The summed E-state index contributed by atoms with van der Waals surface area (Å²) in [6.07, 6.45) is 2.98. The fourth-order valence-corrected chi connectivity index (χ4v) is 2.23. The van der Waals surface area contributed by atoms with Crippen molar-refractivity contribution in [1.82, 2.24) is 0 Å². The van der Waals surface area contributed by atoms with Crippen LogP contribution in [0.3, 0.4) is 0 Å². The number of allylic oxidation sites excluding steroid dienone is 1. The van der Waals surface area contributed by atoms with Crippen LogP contribution in [-0.2, 0) is 0 Å². The van der Waals surface area contributed by atoms with Crippen LogP contribution in [0.2, 0.25) is 0 Å². The second-order valence-electron chi connectivity index (χ2n) is 3.05. The van der Waals surface area contributed by atoms with Crippen molar-refractivity contribution in [2.45, 2.75) is 18.9 Å². The molecule has 76 valence electrons. The summed E-state index contributed by atoms with van der Waals surface area (Å²) in [5.41, 5.74) is 0.957. The fraction of sp³-hybridized carbons (Fsp3) is 0.273. The maximum absolute atomic E-state index is 9.88. The minimum Gasteiger partial charge on any atom is -0.388 e. The van der Waals surface area contributed by atoms with Crippen LogP contribution < -0.4 is 0 Å². The van der Waals surface area contributed by atoms with Crippen molar-refractivity contribution < 1.29 is 5.11 Å². The third kappa shape index (κ3) is 3.37. The number of aliphatic hydroxyl groups excluding tert-OH is 1. The molecular weight excluding hydrogens is 355 g/mol. The molecule has 0 bridgehead atoms. The SMILES string of the molecule is C=CCCC(O)c1cc(I)ccc1Br. The van der Waals surface area contributed by atoms with Crippen LogP contribution in [0.25, 0.3) is 0 Å². The van der Waals surface area contributed by atoms with Gasteiger partial charge >= 0.3 is 0 Å². The van der Waals surface area contributed by atoms with Gasteiger partial charge in [0.05, 0.1) is 6.10 Å². The molecule has 1 unspecified atom stereocenters. The van der Waals surface area contributed by atoms with Gasteiger partial charge in [-0.1, -0.05) is 22.0 Å². The Morgan fingerprint density at radius 3 is 2.93 bits per heavy atom. The largest absolute Gasteiger partial charge is 0.388 e. The highest BCUT2D eigenvalue weighted by Gasteiger charge is 2.10. The van der Waals surface area contributed by atoms with E-state index < -0.39 is 6.10 Å². The highest BCUT2D eigenvalue weighted by Crippen LogP contribution is 2.28. The summed E-state index contributed by atoms with van der Waals surface area (Å²) in [4.78, 5) is 0. The Morgan fingerprint density at radius 1 is 1.57 bits per heavy atom. The monoisotopic (exact) mass is 366 g/mol. The van der Waals surface area contributed by atoms with E-state index in [4.69, 9.17) is 0 Å². The quantitative estimate of drug-likeness (QED) is 0.629. The lowest BCUT2D eigenvalue weighted by Crippen LogP contribution is -1.98. The van der Waals surface area contributed by atoms with Gasteiger partial charge in [-0.25, -0.2) is 0 Å². The van der Waals surface area contributed by atoms with Crippen LogP contribution in [0.1, 0.15) is 24.5 Å². The Morgan fingerprint density at radius 2 is 2.29 bits per heavy atom. The Balaban J connectivity index is 2.82. The molecule has 1 nitrogen and oxygen atoms in total. The lowest BCUT2D eigenvalue weighted by molar-refractivity contribution is 0.168. The van der Waals surface area contributed by atoms with Gasteiger partial charge in [-0.3, -0.25) is 0 Å². The second kappa shape index (κ2) is 5.88. The molecule has 14 heavy (non-hydrogen) atoms. The van der Waals surface area contributed by atoms with Gasteiger partial charge in [0.25, 0.3) is 0 Å². The maximum Gasteiger partial charge on any atom is 0.0804 e. The van der Waals surface area contributed by atoms with Gasteiger partial charge < -0.3 is 5.11 Å². The van der Waals surface area contributed by atoms with E-state index in [1.54, 1.807) is 0 Å². The van der Waals surface area contributed by atoms with Gasteiger partial charge in [-0.2, -0.15) is 0 Å². The molecule has 1 rings (SSSR count). The number of hydrogen-bond acceptors (Lipinski definition) is 1. The second-order valence-corrected chi connectivity index (χ2v) is 5.15. The topological polar surface area (TPSA) is 20.2 Å². The van der Waals surface area contributed by atoms with E-state index in [9.17, 15) is 5.11 Å². The minimum absolute atomic E-state index is 0.405. The molecule has 1 aromatic rings. The molecular formula is C11H12BrIO. The van der Waals surface area contributed by atoms with Crippen molar-refractivity contribution >= 4 is 38.5 Å². The summed E-state index contributed by atoms with van der Waals surface area (Å²) in [6, 6.07) is 5.97. The number of benzene rings is 1. The van der Waals surface area contributed by atoms with Crippen molar-refractivity contribution in [3.05, 3.63) is 44.5 Å². The molecule has 0 fully saturated rings. The zero-order valence-corrected chi connectivity index (χ0v) is 11.5. The van der Waals surface area contributed by atoms with E-state index in [1.165, 1.54) is 0 Å². The number of hydrogen-bond donors (Lipinski definition) is 1. The molecule has 0 heterocycles. The van der Waals surface area contributed by atoms with Gasteiger partial charge in [-0.15, -0.1) is 6.58 Å². The van der Waals surface area contributed by atoms with Crippen LogP contribution in [0.4, 0.5) is 0 Å². The molecule has 1 aromatic carbocycles. The molecule has 1 atom stereocenters. The van der Waals surface area contributed by atoms with E-state index in [2.05, 4.69) is 45.1 Å². The highest BCUT2D eigenvalue weighted by molar-refractivity contribution is 14.1. The average molecular weight is 367 g/mol. The van der Waals surface area contributed by atoms with Crippen LogP contribution in [-0.4, -0.2) is 5.11 Å². The van der Waals surface area contributed by atoms with E-state index >= 15 is 0 Å². The van der Waals surface area contributed by atoms with Crippen molar-refractivity contribution in [1.29, 1.82) is 0 Å². The average Bonchev–Trinajstić information content (AvgIpc) is 2.18. The lowest BCUT2D eigenvalue weighted by Gasteiger charge is -2.12. The standard InChI is InChI=1S/C11H12BrIO/c1-2-3-4-11(14)9-7-8(13)5-6-10(9)12/h2,5-7,11,14H,1,3-4H2. The Kier molecular flexibility index (Phi) is 5.12. The summed E-state index contributed by atoms with van der Waals surface area (Å²) in [6.45, 7) is 3.64. The molecule has 0 aromatic heterocycles. The third-order valence-corrected chi connectivity index (χ3v) is 3.35. The summed E-state index contributed by atoms with van der Waals surface area (Å²) in [5.74, 6) is 0. The zero-order chi connectivity index (χ0) is 10.6. The molecule has 0 amide bonds. The van der Waals surface area contributed by atoms with Crippen LogP contribution in [0.5, 0.6) is 0 Å². The highest BCUT2D eigenvalue weighted by atomic mass is 127. The zero-order valence-electron chi connectivity index (χ0n) is 7.71. The minimum atomic E-state index is -0.405. The summed E-state index contributed by atoms with van der Waals surface area (Å²) in [5, 5.41) is 9.88. The molecule has 0 saturated carbocycles.